The molecule has 3 amide bonds. The van der Waals surface area contributed by atoms with E-state index < -0.39 is 0 Å². The summed E-state index contributed by atoms with van der Waals surface area (Å²) in [5.41, 5.74) is 2.62. The van der Waals surface area contributed by atoms with Crippen LogP contribution in [0.1, 0.15) is 36.3 Å². The monoisotopic (exact) mass is 382 g/mol. The Morgan fingerprint density at radius 3 is 2.57 bits per heavy atom. The Balaban J connectivity index is 1.35. The van der Waals surface area contributed by atoms with Gasteiger partial charge in [-0.25, -0.2) is 4.79 Å². The number of aryl methyl sites for hydroxylation is 2. The first-order chi connectivity index (χ1) is 13.5. The number of carbonyl (C=O) groups excluding carboxylic acids is 2. The number of urea groups is 1. The van der Waals surface area contributed by atoms with Crippen LogP contribution in [0.15, 0.2) is 34.9 Å². The number of hydrogen-bond acceptors (Lipinski definition) is 4. The highest BCUT2D eigenvalue weighted by molar-refractivity contribution is 5.89. The molecule has 1 aromatic carbocycles. The van der Waals surface area contributed by atoms with Crippen molar-refractivity contribution in [3.63, 3.8) is 0 Å². The van der Waals surface area contributed by atoms with Gasteiger partial charge < -0.3 is 19.6 Å². The number of anilines is 1. The Hall–Kier alpha value is -2.83. The molecular weight excluding hydrogens is 356 g/mol. The second-order valence-electron chi connectivity index (χ2n) is 8.01. The molecule has 2 aliphatic rings. The molecule has 2 saturated heterocycles. The van der Waals surface area contributed by atoms with Crippen molar-refractivity contribution in [3.05, 3.63) is 47.3 Å². The average molecular weight is 382 g/mol. The lowest BCUT2D eigenvalue weighted by molar-refractivity contribution is -0.128. The van der Waals surface area contributed by atoms with E-state index >= 15 is 0 Å². The minimum Gasteiger partial charge on any atom is -0.361 e. The molecule has 4 rings (SSSR count). The van der Waals surface area contributed by atoms with Gasteiger partial charge in [-0.3, -0.25) is 4.79 Å². The number of benzene rings is 1. The number of hydrogen-bond donors (Lipinski definition) is 1. The smallest absolute Gasteiger partial charge is 0.321 e. The summed E-state index contributed by atoms with van der Waals surface area (Å²) in [4.78, 5) is 28.9. The zero-order valence-electron chi connectivity index (χ0n) is 16.4. The minimum atomic E-state index is -0.0713. The minimum absolute atomic E-state index is 0.0282. The zero-order chi connectivity index (χ0) is 19.7. The van der Waals surface area contributed by atoms with Crippen LogP contribution in [0.3, 0.4) is 0 Å². The summed E-state index contributed by atoms with van der Waals surface area (Å²) in [5.74, 6) is 0.959. The maximum Gasteiger partial charge on any atom is 0.321 e. The molecule has 2 aliphatic heterocycles. The highest BCUT2D eigenvalue weighted by Crippen LogP contribution is 2.41. The third-order valence-corrected chi connectivity index (χ3v) is 6.07. The molecule has 0 atom stereocenters. The third kappa shape index (κ3) is 3.61. The summed E-state index contributed by atoms with van der Waals surface area (Å²) in [6.07, 6.45) is 2.25. The molecule has 1 aromatic heterocycles. The molecule has 1 spiro atoms. The summed E-state index contributed by atoms with van der Waals surface area (Å²) in [6.45, 7) is 6.43. The molecule has 7 nitrogen and oxygen atoms in total. The van der Waals surface area contributed by atoms with E-state index in [-0.39, 0.29) is 17.4 Å². The fourth-order valence-electron chi connectivity index (χ4n) is 4.29. The molecule has 0 aliphatic carbocycles. The van der Waals surface area contributed by atoms with Crippen LogP contribution in [0.25, 0.3) is 0 Å². The summed E-state index contributed by atoms with van der Waals surface area (Å²) >= 11 is 0. The number of nitrogens with zero attached hydrogens (tertiary/aromatic N) is 3. The quantitative estimate of drug-likeness (QED) is 0.883. The molecule has 28 heavy (non-hydrogen) atoms. The highest BCUT2D eigenvalue weighted by atomic mass is 16.5. The van der Waals surface area contributed by atoms with Crippen molar-refractivity contribution < 1.29 is 14.1 Å². The third-order valence-electron chi connectivity index (χ3n) is 6.07. The zero-order valence-corrected chi connectivity index (χ0v) is 16.4. The van der Waals surface area contributed by atoms with Gasteiger partial charge >= 0.3 is 6.03 Å². The Kier molecular flexibility index (Phi) is 4.83. The standard InChI is InChI=1S/C21H26N4O3/c1-15-18(16(2)28-23-15)13-25-14-21(12-19(25)26)8-10-24(11-9-21)20(27)22-17-6-4-3-5-7-17/h3-7H,8-14H2,1-2H3,(H,22,27). The molecule has 0 radical (unpaired) electrons. The number of aromatic nitrogens is 1. The van der Waals surface area contributed by atoms with E-state index in [9.17, 15) is 9.59 Å². The van der Waals surface area contributed by atoms with Gasteiger partial charge in [0.1, 0.15) is 5.76 Å². The SMILES string of the molecule is Cc1noc(C)c1CN1CC2(CCN(C(=O)Nc3ccccc3)CC2)CC1=O. The first-order valence-electron chi connectivity index (χ1n) is 9.76. The van der Waals surface area contributed by atoms with Gasteiger partial charge in [-0.1, -0.05) is 23.4 Å². The largest absolute Gasteiger partial charge is 0.361 e. The van der Waals surface area contributed by atoms with Gasteiger partial charge in [-0.15, -0.1) is 0 Å². The number of para-hydroxylation sites is 1. The number of carbonyl (C=O) groups is 2. The van der Waals surface area contributed by atoms with Crippen molar-refractivity contribution in [1.82, 2.24) is 15.0 Å². The molecular formula is C21H26N4O3. The fraction of sp³-hybridized carbons (Fsp3) is 0.476. The molecule has 3 heterocycles. The van der Waals surface area contributed by atoms with Gasteiger partial charge in [-0.2, -0.15) is 0 Å². The van der Waals surface area contributed by atoms with E-state index in [1.807, 2.05) is 54.0 Å². The maximum atomic E-state index is 12.6. The lowest BCUT2D eigenvalue weighted by atomic mass is 9.77. The Labute approximate surface area is 164 Å². The lowest BCUT2D eigenvalue weighted by Gasteiger charge is -2.38. The van der Waals surface area contributed by atoms with E-state index in [1.54, 1.807) is 0 Å². The van der Waals surface area contributed by atoms with Gasteiger partial charge in [0.2, 0.25) is 5.91 Å². The van der Waals surface area contributed by atoms with Gasteiger partial charge in [0.15, 0.2) is 0 Å². The molecule has 7 heteroatoms. The van der Waals surface area contributed by atoms with Crippen molar-refractivity contribution in [2.24, 2.45) is 5.41 Å². The van der Waals surface area contributed by atoms with Crippen LogP contribution in [0.2, 0.25) is 0 Å². The average Bonchev–Trinajstić information content (AvgIpc) is 3.16. The number of nitrogens with one attached hydrogen (secondary N) is 1. The van der Waals surface area contributed by atoms with Crippen LogP contribution in [0, 0.1) is 19.3 Å². The fourth-order valence-corrected chi connectivity index (χ4v) is 4.29. The molecule has 1 N–H and O–H groups in total. The van der Waals surface area contributed by atoms with Crippen molar-refractivity contribution in [3.8, 4) is 0 Å². The summed E-state index contributed by atoms with van der Waals surface area (Å²) in [7, 11) is 0. The Morgan fingerprint density at radius 2 is 1.93 bits per heavy atom. The topological polar surface area (TPSA) is 78.7 Å². The van der Waals surface area contributed by atoms with Crippen LogP contribution in [-0.4, -0.2) is 46.5 Å². The molecule has 148 valence electrons. The molecule has 2 fully saturated rings. The summed E-state index contributed by atoms with van der Waals surface area (Å²) < 4.78 is 5.23. The highest BCUT2D eigenvalue weighted by Gasteiger charge is 2.45. The molecule has 0 unspecified atom stereocenters. The van der Waals surface area contributed by atoms with Crippen molar-refractivity contribution >= 4 is 17.6 Å². The first kappa shape index (κ1) is 18.5. The second kappa shape index (κ2) is 7.30. The van der Waals surface area contributed by atoms with Crippen LogP contribution in [0.4, 0.5) is 10.5 Å². The molecule has 0 saturated carbocycles. The van der Waals surface area contributed by atoms with Crippen LogP contribution in [0.5, 0.6) is 0 Å². The van der Waals surface area contributed by atoms with E-state index in [1.165, 1.54) is 0 Å². The number of piperidine rings is 1. The summed E-state index contributed by atoms with van der Waals surface area (Å²) in [6, 6.07) is 9.41. The first-order valence-corrected chi connectivity index (χ1v) is 9.76. The summed E-state index contributed by atoms with van der Waals surface area (Å²) in [5, 5.41) is 6.93. The van der Waals surface area contributed by atoms with Crippen molar-refractivity contribution in [1.29, 1.82) is 0 Å². The lowest BCUT2D eigenvalue weighted by Crippen LogP contribution is -2.45. The van der Waals surface area contributed by atoms with Crippen LogP contribution in [-0.2, 0) is 11.3 Å². The second-order valence-corrected chi connectivity index (χ2v) is 8.01. The van der Waals surface area contributed by atoms with Gasteiger partial charge in [-0.05, 0) is 38.8 Å². The Bertz CT molecular complexity index is 850. The molecule has 2 aromatic rings. The van der Waals surface area contributed by atoms with E-state index in [4.69, 9.17) is 4.52 Å². The number of rotatable bonds is 3. The van der Waals surface area contributed by atoms with Gasteiger partial charge in [0.05, 0.1) is 12.2 Å². The van der Waals surface area contributed by atoms with Gasteiger partial charge in [0, 0.05) is 42.7 Å². The van der Waals surface area contributed by atoms with E-state index in [2.05, 4.69) is 10.5 Å². The van der Waals surface area contributed by atoms with Crippen molar-refractivity contribution in [2.45, 2.75) is 39.7 Å². The van der Waals surface area contributed by atoms with Crippen molar-refractivity contribution in [2.75, 3.05) is 25.0 Å². The van der Waals surface area contributed by atoms with Gasteiger partial charge in [0.25, 0.3) is 0 Å². The number of likely N-dealkylation sites (tertiary alicyclic amines) is 2. The van der Waals surface area contributed by atoms with E-state index in [0.29, 0.717) is 26.1 Å². The Morgan fingerprint density at radius 1 is 1.21 bits per heavy atom. The predicted octanol–water partition coefficient (Wildman–Crippen LogP) is 3.34. The molecule has 0 bridgehead atoms. The number of amides is 3. The maximum absolute atomic E-state index is 12.6. The van der Waals surface area contributed by atoms with E-state index in [0.717, 1.165) is 42.1 Å². The van der Waals surface area contributed by atoms with Crippen LogP contribution >= 0.6 is 0 Å². The normalized spacial score (nSPS) is 18.7. The predicted molar refractivity (Wildman–Crippen MR) is 105 cm³/mol. The van der Waals surface area contributed by atoms with Crippen LogP contribution < -0.4 is 5.32 Å².